The van der Waals surface area contributed by atoms with Gasteiger partial charge in [-0.15, -0.1) is 0 Å². The largest absolute Gasteiger partial charge is 0.328 e. The highest BCUT2D eigenvalue weighted by Gasteiger charge is 2.57. The van der Waals surface area contributed by atoms with Crippen LogP contribution in [0.2, 0.25) is 5.02 Å². The molecule has 154 valence electrons. The van der Waals surface area contributed by atoms with Crippen molar-refractivity contribution in [1.82, 2.24) is 9.21 Å². The maximum Gasteiger partial charge on any atom is 0.256 e. The van der Waals surface area contributed by atoms with Gasteiger partial charge in [-0.1, -0.05) is 54.8 Å². The van der Waals surface area contributed by atoms with E-state index in [2.05, 4.69) is 12.1 Å². The summed E-state index contributed by atoms with van der Waals surface area (Å²) >= 11 is 6.36. The standard InChI is InChI=1S/C22H25ClN2O3S/c1-24(2)29(27,28)18-11-12-20(23)19(14-18)21(26)25-15-17-10-6-7-13-22(17,25)16-8-4-3-5-9-16/h3-5,8-9,11-12,14,17H,6-7,10,13,15H2,1-2H3/t17-,22+/m0/s1. The molecule has 29 heavy (non-hydrogen) atoms. The molecule has 1 amide bonds. The number of benzene rings is 2. The average Bonchev–Trinajstić information content (AvgIpc) is 2.69. The summed E-state index contributed by atoms with van der Waals surface area (Å²) < 4.78 is 26.2. The van der Waals surface area contributed by atoms with Gasteiger partial charge in [0.15, 0.2) is 0 Å². The number of amides is 1. The van der Waals surface area contributed by atoms with Gasteiger partial charge in [0.1, 0.15) is 0 Å². The van der Waals surface area contributed by atoms with Gasteiger partial charge < -0.3 is 4.90 Å². The zero-order chi connectivity index (χ0) is 20.8. The second kappa shape index (κ2) is 7.42. The Morgan fingerprint density at radius 2 is 1.86 bits per heavy atom. The third-order valence-corrected chi connectivity index (χ3v) is 8.53. The van der Waals surface area contributed by atoms with Crippen LogP contribution in [0.25, 0.3) is 0 Å². The molecule has 2 aromatic rings. The molecule has 2 fully saturated rings. The van der Waals surface area contributed by atoms with Crippen LogP contribution in [-0.4, -0.2) is 44.2 Å². The molecule has 0 radical (unpaired) electrons. The lowest BCUT2D eigenvalue weighted by Gasteiger charge is -2.61. The van der Waals surface area contributed by atoms with Gasteiger partial charge in [0, 0.05) is 26.6 Å². The smallest absolute Gasteiger partial charge is 0.256 e. The van der Waals surface area contributed by atoms with Crippen molar-refractivity contribution in [2.24, 2.45) is 5.92 Å². The molecule has 1 heterocycles. The Labute approximate surface area is 177 Å². The van der Waals surface area contributed by atoms with Gasteiger partial charge in [-0.25, -0.2) is 12.7 Å². The third-order valence-electron chi connectivity index (χ3n) is 6.39. The Morgan fingerprint density at radius 1 is 1.14 bits per heavy atom. The Bertz CT molecular complexity index is 1040. The van der Waals surface area contributed by atoms with E-state index < -0.39 is 10.0 Å². The summed E-state index contributed by atoms with van der Waals surface area (Å²) in [6, 6.07) is 14.5. The van der Waals surface area contributed by atoms with E-state index in [0.717, 1.165) is 29.1 Å². The topological polar surface area (TPSA) is 57.7 Å². The van der Waals surface area contributed by atoms with Crippen LogP contribution in [0.15, 0.2) is 53.4 Å². The molecule has 1 saturated carbocycles. The number of halogens is 1. The summed E-state index contributed by atoms with van der Waals surface area (Å²) in [7, 11) is -0.711. The first kappa shape index (κ1) is 20.4. The van der Waals surface area contributed by atoms with Crippen LogP contribution in [0.4, 0.5) is 0 Å². The van der Waals surface area contributed by atoms with E-state index in [9.17, 15) is 13.2 Å². The molecule has 0 unspecified atom stereocenters. The van der Waals surface area contributed by atoms with E-state index in [1.54, 1.807) is 0 Å². The Hall–Kier alpha value is -1.89. The maximum absolute atomic E-state index is 13.6. The van der Waals surface area contributed by atoms with Crippen molar-refractivity contribution in [3.8, 4) is 0 Å². The predicted molar refractivity (Wildman–Crippen MR) is 113 cm³/mol. The van der Waals surface area contributed by atoms with Crippen molar-refractivity contribution >= 4 is 27.5 Å². The number of sulfonamides is 1. The lowest BCUT2D eigenvalue weighted by molar-refractivity contribution is -0.0869. The first-order valence-electron chi connectivity index (χ1n) is 9.88. The van der Waals surface area contributed by atoms with Crippen molar-refractivity contribution in [1.29, 1.82) is 0 Å². The summed E-state index contributed by atoms with van der Waals surface area (Å²) in [5.74, 6) is 0.225. The van der Waals surface area contributed by atoms with E-state index in [4.69, 9.17) is 11.6 Å². The summed E-state index contributed by atoms with van der Waals surface area (Å²) in [4.78, 5) is 15.5. The lowest BCUT2D eigenvalue weighted by atomic mass is 9.61. The normalized spacial score (nSPS) is 24.1. The zero-order valence-electron chi connectivity index (χ0n) is 16.6. The number of hydrogen-bond acceptors (Lipinski definition) is 3. The number of fused-ring (bicyclic) bond motifs is 1. The van der Waals surface area contributed by atoms with Gasteiger partial charge in [-0.3, -0.25) is 4.79 Å². The van der Waals surface area contributed by atoms with Crippen molar-refractivity contribution in [3.63, 3.8) is 0 Å². The van der Waals surface area contributed by atoms with Crippen LogP contribution in [0.1, 0.15) is 41.6 Å². The molecule has 0 spiro atoms. The maximum atomic E-state index is 13.6. The zero-order valence-corrected chi connectivity index (χ0v) is 18.2. The summed E-state index contributed by atoms with van der Waals surface area (Å²) in [5, 5.41) is 0.273. The first-order chi connectivity index (χ1) is 13.8. The van der Waals surface area contributed by atoms with Crippen LogP contribution >= 0.6 is 11.6 Å². The highest BCUT2D eigenvalue weighted by Crippen LogP contribution is 2.54. The molecular weight excluding hydrogens is 408 g/mol. The number of carbonyl (C=O) groups is 1. The van der Waals surface area contributed by atoms with Crippen molar-refractivity contribution in [2.75, 3.05) is 20.6 Å². The average molecular weight is 433 g/mol. The molecule has 4 rings (SSSR count). The molecular formula is C22H25ClN2O3S. The lowest BCUT2D eigenvalue weighted by Crippen LogP contribution is -2.67. The van der Waals surface area contributed by atoms with Crippen molar-refractivity contribution < 1.29 is 13.2 Å². The van der Waals surface area contributed by atoms with E-state index in [1.807, 2.05) is 23.1 Å². The van der Waals surface area contributed by atoms with Gasteiger partial charge in [-0.2, -0.15) is 0 Å². The van der Waals surface area contributed by atoms with Gasteiger partial charge in [0.05, 0.1) is 21.0 Å². The number of likely N-dealkylation sites (tertiary alicyclic amines) is 1. The van der Waals surface area contributed by atoms with Crippen LogP contribution in [0, 0.1) is 5.92 Å². The number of hydrogen-bond donors (Lipinski definition) is 0. The molecule has 5 nitrogen and oxygen atoms in total. The van der Waals surface area contributed by atoms with Crippen LogP contribution < -0.4 is 0 Å². The summed E-state index contributed by atoms with van der Waals surface area (Å²) in [6.07, 6.45) is 4.26. The van der Waals surface area contributed by atoms with Crippen molar-refractivity contribution in [3.05, 3.63) is 64.7 Å². The van der Waals surface area contributed by atoms with Crippen LogP contribution in [0.5, 0.6) is 0 Å². The Morgan fingerprint density at radius 3 is 2.52 bits per heavy atom. The minimum absolute atomic E-state index is 0.0738. The molecule has 1 aliphatic carbocycles. The molecule has 7 heteroatoms. The fraction of sp³-hybridized carbons (Fsp3) is 0.409. The fourth-order valence-corrected chi connectivity index (χ4v) is 5.94. The number of nitrogens with zero attached hydrogens (tertiary/aromatic N) is 2. The molecule has 0 aromatic heterocycles. The SMILES string of the molecule is CN(C)S(=O)(=O)c1ccc(Cl)c(C(=O)N2C[C@@H]3CCCC[C@@]32c2ccccc2)c1. The van der Waals surface area contributed by atoms with E-state index >= 15 is 0 Å². The number of carbonyl (C=O) groups excluding carboxylic acids is 1. The molecule has 1 saturated heterocycles. The minimum Gasteiger partial charge on any atom is -0.328 e. The first-order valence-corrected chi connectivity index (χ1v) is 11.7. The van der Waals surface area contributed by atoms with E-state index in [1.165, 1.54) is 38.7 Å². The van der Waals surface area contributed by atoms with Crippen molar-refractivity contribution in [2.45, 2.75) is 36.1 Å². The second-order valence-electron chi connectivity index (χ2n) is 8.08. The van der Waals surface area contributed by atoms with Crippen LogP contribution in [0.3, 0.4) is 0 Å². The van der Waals surface area contributed by atoms with Gasteiger partial charge in [0.25, 0.3) is 5.91 Å². The third kappa shape index (κ3) is 3.18. The monoisotopic (exact) mass is 432 g/mol. The Kier molecular flexibility index (Phi) is 5.21. The van der Waals surface area contributed by atoms with Crippen LogP contribution in [-0.2, 0) is 15.6 Å². The minimum atomic E-state index is -3.65. The highest BCUT2D eigenvalue weighted by atomic mass is 35.5. The molecule has 1 aliphatic heterocycles. The Balaban J connectivity index is 1.75. The number of rotatable bonds is 4. The van der Waals surface area contributed by atoms with E-state index in [-0.39, 0.29) is 26.9 Å². The molecule has 0 bridgehead atoms. The molecule has 2 aromatic carbocycles. The second-order valence-corrected chi connectivity index (χ2v) is 10.6. The molecule has 2 aliphatic rings. The summed E-state index contributed by atoms with van der Waals surface area (Å²) in [6.45, 7) is 0.675. The molecule has 0 N–H and O–H groups in total. The highest BCUT2D eigenvalue weighted by molar-refractivity contribution is 7.89. The van der Waals surface area contributed by atoms with Gasteiger partial charge in [-0.05, 0) is 36.6 Å². The summed E-state index contributed by atoms with van der Waals surface area (Å²) in [5.41, 5.74) is 1.07. The van der Waals surface area contributed by atoms with Gasteiger partial charge >= 0.3 is 0 Å². The quantitative estimate of drug-likeness (QED) is 0.729. The molecule has 2 atom stereocenters. The predicted octanol–water partition coefficient (Wildman–Crippen LogP) is 4.13. The fourth-order valence-electron chi connectivity index (χ4n) is 4.81. The van der Waals surface area contributed by atoms with Gasteiger partial charge in [0.2, 0.25) is 10.0 Å². The van der Waals surface area contributed by atoms with E-state index in [0.29, 0.717) is 12.5 Å².